The Balaban J connectivity index is 2.83. The molecule has 100 valence electrons. The number of carbonyl (C=O) groups excluding carboxylic acids is 2. The molecule has 19 heavy (non-hydrogen) atoms. The molecule has 1 aromatic carbocycles. The molecule has 0 spiro atoms. The summed E-state index contributed by atoms with van der Waals surface area (Å²) in [5.41, 5.74) is 13.9. The first kappa shape index (κ1) is 14.4. The van der Waals surface area contributed by atoms with Crippen molar-refractivity contribution in [2.45, 2.75) is 12.5 Å². The topological polar surface area (TPSA) is 115 Å². The lowest BCUT2D eigenvalue weighted by atomic mass is 10.1. The molecule has 0 radical (unpaired) electrons. The molecule has 7 heteroatoms. The van der Waals surface area contributed by atoms with Crippen LogP contribution in [0.1, 0.15) is 5.56 Å². The first-order valence-corrected chi connectivity index (χ1v) is 5.37. The summed E-state index contributed by atoms with van der Waals surface area (Å²) in [6.45, 7) is 0. The zero-order valence-electron chi connectivity index (χ0n) is 10.3. The van der Waals surface area contributed by atoms with Crippen LogP contribution in [0.4, 0.5) is 4.79 Å². The van der Waals surface area contributed by atoms with E-state index in [-0.39, 0.29) is 6.42 Å². The van der Waals surface area contributed by atoms with Gasteiger partial charge in [-0.2, -0.15) is 4.79 Å². The standard InChI is InChI=1S/C12H13N3O4/c1-18-9-4-2-8(3-5-9)6-11(19-12(13)17)10(16)7-15-14/h2-5,7,11H,6H2,1H3,(H2,13,17)/t11-/m0/s1. The fraction of sp³-hybridized carbons (Fsp3) is 0.250. The van der Waals surface area contributed by atoms with Crippen molar-refractivity contribution in [2.75, 3.05) is 7.11 Å². The number of rotatable bonds is 6. The Bertz CT molecular complexity index is 506. The molecule has 0 unspecified atom stereocenters. The maximum absolute atomic E-state index is 11.5. The molecule has 2 N–H and O–H groups in total. The summed E-state index contributed by atoms with van der Waals surface area (Å²) in [7, 11) is 1.54. The van der Waals surface area contributed by atoms with Gasteiger partial charge in [0.15, 0.2) is 6.10 Å². The number of nitrogens with two attached hydrogens (primary N) is 1. The Morgan fingerprint density at radius 1 is 1.42 bits per heavy atom. The van der Waals surface area contributed by atoms with Crippen LogP contribution < -0.4 is 10.5 Å². The number of hydrogen-bond donors (Lipinski definition) is 1. The van der Waals surface area contributed by atoms with E-state index in [9.17, 15) is 9.59 Å². The van der Waals surface area contributed by atoms with Crippen LogP contribution in [0, 0.1) is 0 Å². The Hall–Kier alpha value is -2.66. The SMILES string of the molecule is COc1ccc(C[C@H](OC(N)=O)C(=O)C=[N+]=[N-])cc1. The van der Waals surface area contributed by atoms with Crippen molar-refractivity contribution in [3.05, 3.63) is 35.4 Å². The Kier molecular flexibility index (Phi) is 5.25. The highest BCUT2D eigenvalue weighted by Gasteiger charge is 2.23. The van der Waals surface area contributed by atoms with Gasteiger partial charge in [-0.05, 0) is 17.7 Å². The van der Waals surface area contributed by atoms with Crippen LogP contribution >= 0.6 is 0 Å². The van der Waals surface area contributed by atoms with Crippen molar-refractivity contribution in [1.29, 1.82) is 0 Å². The van der Waals surface area contributed by atoms with Crippen LogP contribution in [0.25, 0.3) is 5.53 Å². The van der Waals surface area contributed by atoms with Crippen molar-refractivity contribution >= 4 is 18.1 Å². The van der Waals surface area contributed by atoms with E-state index in [2.05, 4.69) is 9.53 Å². The molecule has 0 saturated heterocycles. The van der Waals surface area contributed by atoms with Gasteiger partial charge in [-0.15, -0.1) is 0 Å². The normalized spacial score (nSPS) is 11.0. The average molecular weight is 263 g/mol. The predicted octanol–water partition coefficient (Wildman–Crippen LogP) is 0.571. The van der Waals surface area contributed by atoms with Crippen molar-refractivity contribution < 1.29 is 23.9 Å². The Labute approximate surface area is 109 Å². The highest BCUT2D eigenvalue weighted by Crippen LogP contribution is 2.13. The van der Waals surface area contributed by atoms with E-state index < -0.39 is 18.0 Å². The molecule has 0 bridgehead atoms. The first-order valence-electron chi connectivity index (χ1n) is 5.37. The zero-order valence-corrected chi connectivity index (χ0v) is 10.3. The number of carbonyl (C=O) groups is 2. The monoisotopic (exact) mass is 263 g/mol. The molecule has 0 aromatic heterocycles. The van der Waals surface area contributed by atoms with Crippen LogP contribution in [0.15, 0.2) is 24.3 Å². The highest BCUT2D eigenvalue weighted by molar-refractivity contribution is 6.27. The van der Waals surface area contributed by atoms with Crippen LogP contribution in [0.2, 0.25) is 0 Å². The third-order valence-electron chi connectivity index (χ3n) is 2.34. The molecule has 0 heterocycles. The van der Waals surface area contributed by atoms with E-state index in [0.29, 0.717) is 12.0 Å². The highest BCUT2D eigenvalue weighted by atomic mass is 16.6. The van der Waals surface area contributed by atoms with Crippen molar-refractivity contribution in [3.63, 3.8) is 0 Å². The van der Waals surface area contributed by atoms with E-state index in [0.717, 1.165) is 5.56 Å². The fourth-order valence-corrected chi connectivity index (χ4v) is 1.46. The minimum absolute atomic E-state index is 0.123. The molecule has 0 saturated carbocycles. The van der Waals surface area contributed by atoms with E-state index in [1.54, 1.807) is 24.3 Å². The molecule has 1 amide bonds. The number of methoxy groups -OCH3 is 1. The number of ketones is 1. The van der Waals surface area contributed by atoms with Gasteiger partial charge < -0.3 is 20.7 Å². The number of hydrogen-bond acceptors (Lipinski definition) is 4. The molecule has 7 nitrogen and oxygen atoms in total. The summed E-state index contributed by atoms with van der Waals surface area (Å²) in [5, 5.41) is 0. The van der Waals surface area contributed by atoms with Crippen molar-refractivity contribution in [2.24, 2.45) is 5.73 Å². The van der Waals surface area contributed by atoms with Gasteiger partial charge in [0.25, 0.3) is 5.78 Å². The second-order valence-corrected chi connectivity index (χ2v) is 3.62. The van der Waals surface area contributed by atoms with Gasteiger partial charge in [0, 0.05) is 6.42 Å². The smallest absolute Gasteiger partial charge is 0.405 e. The summed E-state index contributed by atoms with van der Waals surface area (Å²) < 4.78 is 9.68. The maximum atomic E-state index is 11.5. The van der Waals surface area contributed by atoms with Gasteiger partial charge in [0.1, 0.15) is 5.75 Å². The summed E-state index contributed by atoms with van der Waals surface area (Å²) in [6.07, 6.45) is -1.41. The van der Waals surface area contributed by atoms with Gasteiger partial charge in [-0.25, -0.2) is 4.79 Å². The van der Waals surface area contributed by atoms with Crippen LogP contribution in [0.5, 0.6) is 5.75 Å². The second-order valence-electron chi connectivity index (χ2n) is 3.62. The van der Waals surface area contributed by atoms with Crippen molar-refractivity contribution in [3.8, 4) is 5.75 Å². The largest absolute Gasteiger partial charge is 0.497 e. The van der Waals surface area contributed by atoms with Gasteiger partial charge >= 0.3 is 12.3 Å². The third kappa shape index (κ3) is 4.61. The molecular formula is C12H13N3O4. The Morgan fingerprint density at radius 2 is 2.05 bits per heavy atom. The molecule has 0 aliphatic rings. The van der Waals surface area contributed by atoms with Gasteiger partial charge in [0.2, 0.25) is 0 Å². The molecule has 0 aliphatic carbocycles. The van der Waals surface area contributed by atoms with E-state index in [1.165, 1.54) is 7.11 Å². The number of Topliss-reactive ketones (excluding diaryl/α,β-unsaturated/α-hetero) is 1. The van der Waals surface area contributed by atoms with E-state index in [1.807, 2.05) is 0 Å². The van der Waals surface area contributed by atoms with E-state index >= 15 is 0 Å². The number of amides is 1. The fourth-order valence-electron chi connectivity index (χ4n) is 1.46. The Morgan fingerprint density at radius 3 is 2.53 bits per heavy atom. The summed E-state index contributed by atoms with van der Waals surface area (Å²) in [4.78, 5) is 24.9. The molecule has 1 rings (SSSR count). The summed E-state index contributed by atoms with van der Waals surface area (Å²) in [5.74, 6) is 0.0106. The molecule has 1 aromatic rings. The molecule has 0 fully saturated rings. The summed E-state index contributed by atoms with van der Waals surface area (Å²) >= 11 is 0. The minimum Gasteiger partial charge on any atom is -0.497 e. The average Bonchev–Trinajstić information content (AvgIpc) is 2.38. The van der Waals surface area contributed by atoms with Crippen molar-refractivity contribution in [1.82, 2.24) is 0 Å². The third-order valence-corrected chi connectivity index (χ3v) is 2.34. The number of primary amides is 1. The number of benzene rings is 1. The van der Waals surface area contributed by atoms with Gasteiger partial charge in [-0.1, -0.05) is 12.1 Å². The number of ether oxygens (including phenoxy) is 2. The second kappa shape index (κ2) is 6.93. The van der Waals surface area contributed by atoms with E-state index in [4.69, 9.17) is 16.0 Å². The lowest BCUT2D eigenvalue weighted by Gasteiger charge is -2.12. The first-order chi connectivity index (χ1) is 9.06. The quantitative estimate of drug-likeness (QED) is 0.459. The zero-order chi connectivity index (χ0) is 14.3. The van der Waals surface area contributed by atoms with Crippen LogP contribution in [-0.4, -0.2) is 36.1 Å². The molecule has 1 atom stereocenters. The van der Waals surface area contributed by atoms with Crippen LogP contribution in [-0.2, 0) is 16.0 Å². The number of nitrogens with zero attached hydrogens (tertiary/aromatic N) is 2. The lowest BCUT2D eigenvalue weighted by molar-refractivity contribution is -0.123. The summed E-state index contributed by atoms with van der Waals surface area (Å²) in [6, 6.07) is 6.86. The molecule has 0 aliphatic heterocycles. The van der Waals surface area contributed by atoms with Gasteiger partial charge in [-0.3, -0.25) is 4.79 Å². The van der Waals surface area contributed by atoms with Crippen LogP contribution in [0.3, 0.4) is 0 Å². The van der Waals surface area contributed by atoms with Gasteiger partial charge in [0.05, 0.1) is 7.11 Å². The predicted molar refractivity (Wildman–Crippen MR) is 65.8 cm³/mol. The maximum Gasteiger partial charge on any atom is 0.405 e. The molecular weight excluding hydrogens is 250 g/mol. The minimum atomic E-state index is -1.12. The lowest BCUT2D eigenvalue weighted by Crippen LogP contribution is -2.32.